The quantitative estimate of drug-likeness (QED) is 0.398. The molecule has 6 heteroatoms. The Labute approximate surface area is 186 Å². The Morgan fingerprint density at radius 2 is 1.59 bits per heavy atom. The van der Waals surface area contributed by atoms with E-state index in [2.05, 4.69) is 0 Å². The molecule has 0 amide bonds. The molecule has 2 heterocycles. The molecule has 0 aliphatic carbocycles. The summed E-state index contributed by atoms with van der Waals surface area (Å²) >= 11 is 0. The third-order valence-corrected chi connectivity index (χ3v) is 5.29. The van der Waals surface area contributed by atoms with Crippen LogP contribution >= 0.6 is 0 Å². The number of esters is 1. The summed E-state index contributed by atoms with van der Waals surface area (Å²) in [5.74, 6) is 1.71. The van der Waals surface area contributed by atoms with Gasteiger partial charge in [0.05, 0.1) is 18.0 Å². The molecule has 0 saturated carbocycles. The SMILES string of the molecule is CCOC(=O)Cn1c(-c2ccc3c(c2)OCO3)nc(-c2ccccc2)c1-c1ccccc1. The summed E-state index contributed by atoms with van der Waals surface area (Å²) < 4.78 is 18.2. The van der Waals surface area contributed by atoms with Crippen LogP contribution in [0.15, 0.2) is 78.9 Å². The first-order valence-corrected chi connectivity index (χ1v) is 10.5. The van der Waals surface area contributed by atoms with Crippen LogP contribution in [0, 0.1) is 0 Å². The number of carbonyl (C=O) groups is 1. The monoisotopic (exact) mass is 426 g/mol. The maximum Gasteiger partial charge on any atom is 0.326 e. The number of aromatic nitrogens is 2. The third-order valence-electron chi connectivity index (χ3n) is 5.29. The van der Waals surface area contributed by atoms with Crippen molar-refractivity contribution in [1.29, 1.82) is 0 Å². The average Bonchev–Trinajstić information content (AvgIpc) is 3.44. The second-order valence-corrected chi connectivity index (χ2v) is 7.32. The van der Waals surface area contributed by atoms with Crippen molar-refractivity contribution in [1.82, 2.24) is 9.55 Å². The number of rotatable bonds is 6. The number of fused-ring (bicyclic) bond motifs is 1. The van der Waals surface area contributed by atoms with Gasteiger partial charge in [-0.25, -0.2) is 4.98 Å². The van der Waals surface area contributed by atoms with Gasteiger partial charge in [-0.15, -0.1) is 0 Å². The second-order valence-electron chi connectivity index (χ2n) is 7.32. The number of imidazole rings is 1. The molecule has 0 unspecified atom stereocenters. The van der Waals surface area contributed by atoms with E-state index in [4.69, 9.17) is 19.2 Å². The van der Waals surface area contributed by atoms with Gasteiger partial charge in [0.15, 0.2) is 11.5 Å². The van der Waals surface area contributed by atoms with E-state index in [1.54, 1.807) is 6.92 Å². The van der Waals surface area contributed by atoms with E-state index in [-0.39, 0.29) is 19.3 Å². The summed E-state index contributed by atoms with van der Waals surface area (Å²) in [6.07, 6.45) is 0. The first-order chi connectivity index (χ1) is 15.7. The summed E-state index contributed by atoms with van der Waals surface area (Å²) in [7, 11) is 0. The fourth-order valence-electron chi connectivity index (χ4n) is 3.88. The molecule has 160 valence electrons. The van der Waals surface area contributed by atoms with Crippen LogP contribution in [0.3, 0.4) is 0 Å². The van der Waals surface area contributed by atoms with E-state index < -0.39 is 0 Å². The molecule has 0 atom stereocenters. The van der Waals surface area contributed by atoms with Crippen LogP contribution in [0.1, 0.15) is 6.92 Å². The molecule has 32 heavy (non-hydrogen) atoms. The minimum absolute atomic E-state index is 0.0433. The first-order valence-electron chi connectivity index (χ1n) is 10.5. The number of carbonyl (C=O) groups excluding carboxylic acids is 1. The number of ether oxygens (including phenoxy) is 3. The van der Waals surface area contributed by atoms with Crippen molar-refractivity contribution in [3.8, 4) is 45.4 Å². The molecule has 0 N–H and O–H groups in total. The lowest BCUT2D eigenvalue weighted by Crippen LogP contribution is -2.15. The van der Waals surface area contributed by atoms with Gasteiger partial charge in [-0.1, -0.05) is 60.7 Å². The predicted molar refractivity (Wildman–Crippen MR) is 121 cm³/mol. The van der Waals surface area contributed by atoms with E-state index in [0.29, 0.717) is 23.9 Å². The van der Waals surface area contributed by atoms with Crippen molar-refractivity contribution >= 4 is 5.97 Å². The molecule has 1 aliphatic heterocycles. The van der Waals surface area contributed by atoms with Gasteiger partial charge in [0.2, 0.25) is 6.79 Å². The van der Waals surface area contributed by atoms with Gasteiger partial charge in [0.1, 0.15) is 12.4 Å². The van der Waals surface area contributed by atoms with Gasteiger partial charge < -0.3 is 18.8 Å². The van der Waals surface area contributed by atoms with Crippen LogP contribution < -0.4 is 9.47 Å². The molecule has 3 aromatic carbocycles. The molecule has 0 radical (unpaired) electrons. The molecule has 5 rings (SSSR count). The van der Waals surface area contributed by atoms with Crippen molar-refractivity contribution in [3.05, 3.63) is 78.9 Å². The highest BCUT2D eigenvalue weighted by Crippen LogP contribution is 2.40. The summed E-state index contributed by atoms with van der Waals surface area (Å²) in [5.41, 5.74) is 4.43. The molecule has 4 aromatic rings. The molecular formula is C26H22N2O4. The number of hydrogen-bond acceptors (Lipinski definition) is 5. The Hall–Kier alpha value is -4.06. The van der Waals surface area contributed by atoms with Gasteiger partial charge in [0, 0.05) is 16.7 Å². The zero-order valence-electron chi connectivity index (χ0n) is 17.7. The highest BCUT2D eigenvalue weighted by molar-refractivity contribution is 5.84. The summed E-state index contributed by atoms with van der Waals surface area (Å²) in [5, 5.41) is 0. The van der Waals surface area contributed by atoms with Gasteiger partial charge in [-0.3, -0.25) is 4.79 Å². The third kappa shape index (κ3) is 3.71. The molecule has 0 fully saturated rings. The van der Waals surface area contributed by atoms with Gasteiger partial charge >= 0.3 is 5.97 Å². The molecule has 1 aromatic heterocycles. The maximum atomic E-state index is 12.6. The molecule has 0 bridgehead atoms. The van der Waals surface area contributed by atoms with Crippen LogP contribution in [0.25, 0.3) is 33.9 Å². The molecule has 1 aliphatic rings. The van der Waals surface area contributed by atoms with Crippen LogP contribution in [0.5, 0.6) is 11.5 Å². The summed E-state index contributed by atoms with van der Waals surface area (Å²) in [6.45, 7) is 2.36. The number of benzene rings is 3. The van der Waals surface area contributed by atoms with Crippen LogP contribution in [-0.4, -0.2) is 28.9 Å². The van der Waals surface area contributed by atoms with Gasteiger partial charge in [-0.2, -0.15) is 0 Å². The molecule has 0 spiro atoms. The van der Waals surface area contributed by atoms with Crippen LogP contribution in [0.4, 0.5) is 0 Å². The van der Waals surface area contributed by atoms with Crippen molar-refractivity contribution in [2.24, 2.45) is 0 Å². The van der Waals surface area contributed by atoms with Gasteiger partial charge in [0.25, 0.3) is 0 Å². The standard InChI is InChI=1S/C26H22N2O4/c1-2-30-23(29)16-28-25(19-11-7-4-8-12-19)24(18-9-5-3-6-10-18)27-26(28)20-13-14-21-22(15-20)32-17-31-21/h3-15H,2,16-17H2,1H3. The lowest BCUT2D eigenvalue weighted by Gasteiger charge is -2.13. The molecular weight excluding hydrogens is 404 g/mol. The fraction of sp³-hybridized carbons (Fsp3) is 0.154. The Balaban J connectivity index is 1.75. The van der Waals surface area contributed by atoms with E-state index >= 15 is 0 Å². The topological polar surface area (TPSA) is 62.6 Å². The Bertz CT molecular complexity index is 1250. The fourth-order valence-corrected chi connectivity index (χ4v) is 3.88. The van der Waals surface area contributed by atoms with Gasteiger partial charge in [-0.05, 0) is 25.1 Å². The van der Waals surface area contributed by atoms with Crippen molar-refractivity contribution in [2.75, 3.05) is 13.4 Å². The van der Waals surface area contributed by atoms with E-state index in [9.17, 15) is 4.79 Å². The Morgan fingerprint density at radius 1 is 0.906 bits per heavy atom. The van der Waals surface area contributed by atoms with E-state index in [1.165, 1.54) is 0 Å². The summed E-state index contributed by atoms with van der Waals surface area (Å²) in [4.78, 5) is 17.6. The Kier molecular flexibility index (Phi) is 5.34. The van der Waals surface area contributed by atoms with Crippen molar-refractivity contribution in [3.63, 3.8) is 0 Å². The Morgan fingerprint density at radius 3 is 2.31 bits per heavy atom. The minimum Gasteiger partial charge on any atom is -0.465 e. The summed E-state index contributed by atoms with van der Waals surface area (Å²) in [6, 6.07) is 25.6. The second kappa shape index (κ2) is 8.59. The largest absolute Gasteiger partial charge is 0.465 e. The highest BCUT2D eigenvalue weighted by atomic mass is 16.7. The molecule has 0 saturated heterocycles. The molecule has 6 nitrogen and oxygen atoms in total. The average molecular weight is 426 g/mol. The lowest BCUT2D eigenvalue weighted by molar-refractivity contribution is -0.143. The van der Waals surface area contributed by atoms with E-state index in [1.807, 2.05) is 83.4 Å². The number of nitrogens with zero attached hydrogens (tertiary/aromatic N) is 2. The first kappa shape index (κ1) is 19.9. The maximum absolute atomic E-state index is 12.6. The smallest absolute Gasteiger partial charge is 0.326 e. The van der Waals surface area contributed by atoms with Crippen molar-refractivity contribution < 1.29 is 19.0 Å². The predicted octanol–water partition coefficient (Wildman–Crippen LogP) is 5.18. The highest BCUT2D eigenvalue weighted by Gasteiger charge is 2.24. The zero-order valence-corrected chi connectivity index (χ0v) is 17.7. The van der Waals surface area contributed by atoms with Crippen LogP contribution in [0.2, 0.25) is 0 Å². The number of hydrogen-bond donors (Lipinski definition) is 0. The normalized spacial score (nSPS) is 12.0. The van der Waals surface area contributed by atoms with Crippen LogP contribution in [-0.2, 0) is 16.1 Å². The zero-order chi connectivity index (χ0) is 21.9. The van der Waals surface area contributed by atoms with Crippen molar-refractivity contribution in [2.45, 2.75) is 13.5 Å². The van der Waals surface area contributed by atoms with E-state index in [0.717, 1.165) is 28.1 Å². The lowest BCUT2D eigenvalue weighted by atomic mass is 10.0. The minimum atomic E-state index is -0.316.